The molecule has 0 aromatic carbocycles. The number of aromatic nitrogens is 2. The number of nitrogens with one attached hydrogen (secondary N) is 1. The molecule has 0 radical (unpaired) electrons. The molecule has 2 N–H and O–H groups in total. The van der Waals surface area contributed by atoms with Gasteiger partial charge in [0.15, 0.2) is 0 Å². The summed E-state index contributed by atoms with van der Waals surface area (Å²) in [5.41, 5.74) is 0.866. The summed E-state index contributed by atoms with van der Waals surface area (Å²) in [6.45, 7) is 3.33. The Morgan fingerprint density at radius 1 is 1.28 bits per heavy atom. The quantitative estimate of drug-likeness (QED) is 0.668. The normalized spacial score (nSPS) is 24.8. The third-order valence-electron chi connectivity index (χ3n) is 5.08. The van der Waals surface area contributed by atoms with E-state index in [1.807, 2.05) is 4.90 Å². The van der Waals surface area contributed by atoms with Crippen LogP contribution in [0.15, 0.2) is 4.90 Å². The Morgan fingerprint density at radius 2 is 2.04 bits per heavy atom. The van der Waals surface area contributed by atoms with E-state index in [-0.39, 0.29) is 12.1 Å². The van der Waals surface area contributed by atoms with E-state index in [2.05, 4.69) is 20.2 Å². The number of hydrogen-bond donors (Lipinski definition) is 2. The van der Waals surface area contributed by atoms with Crippen LogP contribution in [0.4, 0.5) is 11.8 Å². The van der Waals surface area contributed by atoms with Crippen molar-refractivity contribution in [3.05, 3.63) is 5.69 Å². The van der Waals surface area contributed by atoms with Crippen LogP contribution in [0, 0.1) is 0 Å². The molecule has 1 aromatic heterocycles. The topological polar surface area (TPSA) is 98.7 Å². The first-order valence-electron chi connectivity index (χ1n) is 8.79. The van der Waals surface area contributed by atoms with Crippen molar-refractivity contribution >= 4 is 28.9 Å². The molecule has 4 rings (SSSR count). The fourth-order valence-corrected chi connectivity index (χ4v) is 4.91. The van der Waals surface area contributed by atoms with Gasteiger partial charge in [0.1, 0.15) is 17.0 Å². The minimum atomic E-state index is -1.05. The zero-order valence-corrected chi connectivity index (χ0v) is 14.9. The number of carbonyl (C=O) groups is 1. The molecule has 4 heterocycles. The van der Waals surface area contributed by atoms with Gasteiger partial charge in [-0.05, 0) is 12.8 Å². The first-order valence-corrected chi connectivity index (χ1v) is 10.1. The number of nitrogens with zero attached hydrogens (tertiary/aromatic N) is 4. The first-order chi connectivity index (χ1) is 12.1. The standard InChI is InChI=1S/C16H23N5O3S/c22-7-6-20-4-1-11(2-5-20)17-15-14-13(3-8-25(14)24)18-16(19-15)21-9-12(23)10-21/h7,11-12,23H,1-6,8-10H2,(H,17,18,19). The van der Waals surface area contributed by atoms with E-state index >= 15 is 0 Å². The van der Waals surface area contributed by atoms with Crippen LogP contribution >= 0.6 is 0 Å². The lowest BCUT2D eigenvalue weighted by atomic mass is 10.1. The predicted molar refractivity (Wildman–Crippen MR) is 94.4 cm³/mol. The van der Waals surface area contributed by atoms with E-state index in [0.717, 1.165) is 42.8 Å². The fraction of sp³-hybridized carbons (Fsp3) is 0.688. The largest absolute Gasteiger partial charge is 0.389 e. The van der Waals surface area contributed by atoms with Crippen molar-refractivity contribution in [2.24, 2.45) is 0 Å². The highest BCUT2D eigenvalue weighted by molar-refractivity contribution is 7.85. The second-order valence-electron chi connectivity index (χ2n) is 6.89. The Labute approximate surface area is 149 Å². The highest BCUT2D eigenvalue weighted by Gasteiger charge is 2.32. The number of piperidine rings is 1. The average molecular weight is 365 g/mol. The minimum absolute atomic E-state index is 0.259. The van der Waals surface area contributed by atoms with Gasteiger partial charge in [-0.3, -0.25) is 9.11 Å². The van der Waals surface area contributed by atoms with Crippen LogP contribution in [0.2, 0.25) is 0 Å². The smallest absolute Gasteiger partial charge is 0.227 e. The highest BCUT2D eigenvalue weighted by Crippen LogP contribution is 2.32. The fourth-order valence-electron chi connectivity index (χ4n) is 3.60. The summed E-state index contributed by atoms with van der Waals surface area (Å²) >= 11 is 0. The van der Waals surface area contributed by atoms with Crippen LogP contribution in [0.5, 0.6) is 0 Å². The Bertz CT molecular complexity index is 687. The third kappa shape index (κ3) is 3.40. The van der Waals surface area contributed by atoms with Crippen molar-refractivity contribution in [2.75, 3.05) is 48.7 Å². The van der Waals surface area contributed by atoms with E-state index in [9.17, 15) is 14.1 Å². The molecule has 0 aliphatic carbocycles. The molecule has 1 unspecified atom stereocenters. The van der Waals surface area contributed by atoms with Gasteiger partial charge < -0.3 is 20.1 Å². The first kappa shape index (κ1) is 16.9. The highest BCUT2D eigenvalue weighted by atomic mass is 32.2. The van der Waals surface area contributed by atoms with Gasteiger partial charge in [-0.15, -0.1) is 0 Å². The van der Waals surface area contributed by atoms with Gasteiger partial charge in [0, 0.05) is 44.4 Å². The summed E-state index contributed by atoms with van der Waals surface area (Å²) in [4.78, 5) is 24.7. The molecular formula is C16H23N5O3S. The van der Waals surface area contributed by atoms with E-state index in [0.29, 0.717) is 43.6 Å². The number of β-amino-alcohol motifs (C(OH)–C–C–N with tert-alkyl or cyclic N) is 1. The summed E-state index contributed by atoms with van der Waals surface area (Å²) < 4.78 is 12.4. The number of rotatable bonds is 5. The van der Waals surface area contributed by atoms with Crippen LogP contribution in [-0.4, -0.2) is 81.1 Å². The van der Waals surface area contributed by atoms with Gasteiger partial charge in [-0.1, -0.05) is 0 Å². The van der Waals surface area contributed by atoms with Gasteiger partial charge in [0.2, 0.25) is 5.95 Å². The molecule has 25 heavy (non-hydrogen) atoms. The number of aliphatic hydroxyl groups excluding tert-OH is 1. The zero-order chi connectivity index (χ0) is 17.4. The minimum Gasteiger partial charge on any atom is -0.389 e. The van der Waals surface area contributed by atoms with Crippen molar-refractivity contribution in [2.45, 2.75) is 36.3 Å². The van der Waals surface area contributed by atoms with E-state index < -0.39 is 10.8 Å². The van der Waals surface area contributed by atoms with Gasteiger partial charge in [0.05, 0.1) is 29.1 Å². The number of aldehydes is 1. The van der Waals surface area contributed by atoms with Gasteiger partial charge in [-0.25, -0.2) is 4.98 Å². The maximum Gasteiger partial charge on any atom is 0.227 e. The van der Waals surface area contributed by atoms with Gasteiger partial charge >= 0.3 is 0 Å². The van der Waals surface area contributed by atoms with E-state index in [4.69, 9.17) is 0 Å². The lowest BCUT2D eigenvalue weighted by Crippen LogP contribution is -2.51. The number of aryl methyl sites for hydroxylation is 1. The molecule has 2 fully saturated rings. The van der Waals surface area contributed by atoms with Crippen LogP contribution in [0.3, 0.4) is 0 Å². The van der Waals surface area contributed by atoms with Crippen LogP contribution < -0.4 is 10.2 Å². The van der Waals surface area contributed by atoms with E-state index in [1.54, 1.807) is 0 Å². The summed E-state index contributed by atoms with van der Waals surface area (Å²) in [5.74, 6) is 1.90. The number of anilines is 2. The van der Waals surface area contributed by atoms with Gasteiger partial charge in [-0.2, -0.15) is 4.98 Å². The van der Waals surface area contributed by atoms with Crippen LogP contribution in [0.1, 0.15) is 18.5 Å². The number of hydrogen-bond acceptors (Lipinski definition) is 8. The zero-order valence-electron chi connectivity index (χ0n) is 14.1. The monoisotopic (exact) mass is 365 g/mol. The summed E-state index contributed by atoms with van der Waals surface area (Å²) in [6, 6.07) is 0.259. The van der Waals surface area contributed by atoms with E-state index in [1.165, 1.54) is 0 Å². The Balaban J connectivity index is 1.52. The van der Waals surface area contributed by atoms with Crippen molar-refractivity contribution in [3.63, 3.8) is 0 Å². The Hall–Kier alpha value is -1.58. The molecule has 0 amide bonds. The maximum atomic E-state index is 12.4. The maximum absolute atomic E-state index is 12.4. The SMILES string of the molecule is O=CCN1CCC(Nc2nc(N3CC(O)C3)nc3c2S(=O)CC3)CC1. The number of likely N-dealkylation sites (tertiary alicyclic amines) is 1. The molecule has 0 saturated carbocycles. The van der Waals surface area contributed by atoms with Crippen LogP contribution in [0.25, 0.3) is 0 Å². The van der Waals surface area contributed by atoms with Gasteiger partial charge in [0.25, 0.3) is 0 Å². The second-order valence-corrected chi connectivity index (χ2v) is 8.40. The lowest BCUT2D eigenvalue weighted by molar-refractivity contribution is -0.109. The summed E-state index contributed by atoms with van der Waals surface area (Å²) in [5, 5.41) is 13.0. The summed E-state index contributed by atoms with van der Waals surface area (Å²) in [7, 11) is -1.05. The third-order valence-corrected chi connectivity index (χ3v) is 6.54. The molecule has 1 atom stereocenters. The molecule has 8 nitrogen and oxygen atoms in total. The van der Waals surface area contributed by atoms with Crippen molar-refractivity contribution in [1.29, 1.82) is 0 Å². The summed E-state index contributed by atoms with van der Waals surface area (Å²) in [6.07, 6.45) is 3.19. The van der Waals surface area contributed by atoms with Crippen molar-refractivity contribution in [3.8, 4) is 0 Å². The molecule has 3 aliphatic heterocycles. The number of carbonyl (C=O) groups excluding carboxylic acids is 1. The molecule has 1 aromatic rings. The predicted octanol–water partition coefficient (Wildman–Crippen LogP) is -0.604. The molecule has 9 heteroatoms. The van der Waals surface area contributed by atoms with Crippen molar-refractivity contribution < 1.29 is 14.1 Å². The lowest BCUT2D eigenvalue weighted by Gasteiger charge is -2.36. The molecular weight excluding hydrogens is 342 g/mol. The molecule has 3 aliphatic rings. The van der Waals surface area contributed by atoms with Crippen molar-refractivity contribution in [1.82, 2.24) is 14.9 Å². The second kappa shape index (κ2) is 6.97. The molecule has 0 bridgehead atoms. The Morgan fingerprint density at radius 3 is 2.72 bits per heavy atom. The number of aliphatic hydroxyl groups is 1. The average Bonchev–Trinajstić information content (AvgIpc) is 2.95. The van der Waals surface area contributed by atoms with Crippen LogP contribution in [-0.2, 0) is 22.0 Å². The molecule has 136 valence electrons. The molecule has 2 saturated heterocycles. The number of fused-ring (bicyclic) bond motifs is 1. The molecule has 0 spiro atoms. The Kier molecular flexibility index (Phi) is 4.70.